The van der Waals surface area contributed by atoms with E-state index in [0.29, 0.717) is 31.2 Å². The highest BCUT2D eigenvalue weighted by molar-refractivity contribution is 5.75. The van der Waals surface area contributed by atoms with Gasteiger partial charge in [-0.2, -0.15) is 5.10 Å². The molecule has 28 heavy (non-hydrogen) atoms. The van der Waals surface area contributed by atoms with Crippen LogP contribution in [0.5, 0.6) is 11.5 Å². The van der Waals surface area contributed by atoms with Crippen LogP contribution in [0.15, 0.2) is 60.8 Å². The van der Waals surface area contributed by atoms with Crippen molar-refractivity contribution in [3.05, 3.63) is 66.6 Å². The van der Waals surface area contributed by atoms with Crippen LogP contribution in [0.4, 0.5) is 4.39 Å². The first-order valence-corrected chi connectivity index (χ1v) is 9.06. The summed E-state index contributed by atoms with van der Waals surface area (Å²) in [6, 6.07) is 15.2. The van der Waals surface area contributed by atoms with Crippen LogP contribution in [-0.2, 0) is 11.3 Å². The lowest BCUT2D eigenvalue weighted by Gasteiger charge is -2.09. The van der Waals surface area contributed by atoms with Crippen LogP contribution >= 0.6 is 0 Å². The van der Waals surface area contributed by atoms with E-state index in [2.05, 4.69) is 10.4 Å². The van der Waals surface area contributed by atoms with Gasteiger partial charge in [0.15, 0.2) is 0 Å². The van der Waals surface area contributed by atoms with Gasteiger partial charge in [-0.05, 0) is 61.5 Å². The number of benzene rings is 2. The highest BCUT2D eigenvalue weighted by Gasteiger charge is 2.06. The van der Waals surface area contributed by atoms with E-state index in [4.69, 9.17) is 9.47 Å². The SMILES string of the molecule is CCOc1ccc(OCCNC(=O)Cn2ccc(-c3ccc(F)cc3)n2)cc1. The largest absolute Gasteiger partial charge is 0.494 e. The maximum atomic E-state index is 13.0. The van der Waals surface area contributed by atoms with Crippen molar-refractivity contribution < 1.29 is 18.7 Å². The lowest BCUT2D eigenvalue weighted by Crippen LogP contribution is -2.31. The molecular weight excluding hydrogens is 361 g/mol. The Morgan fingerprint density at radius 2 is 1.71 bits per heavy atom. The second-order valence-electron chi connectivity index (χ2n) is 6.01. The average Bonchev–Trinajstić information content (AvgIpc) is 3.15. The number of carbonyl (C=O) groups is 1. The molecule has 0 atom stereocenters. The van der Waals surface area contributed by atoms with Crippen LogP contribution < -0.4 is 14.8 Å². The predicted molar refractivity (Wildman–Crippen MR) is 104 cm³/mol. The zero-order chi connectivity index (χ0) is 19.8. The third-order valence-electron chi connectivity index (χ3n) is 3.91. The number of hydrogen-bond donors (Lipinski definition) is 1. The number of aromatic nitrogens is 2. The smallest absolute Gasteiger partial charge is 0.241 e. The van der Waals surface area contributed by atoms with E-state index < -0.39 is 0 Å². The Bertz CT molecular complexity index is 892. The lowest BCUT2D eigenvalue weighted by atomic mass is 10.1. The lowest BCUT2D eigenvalue weighted by molar-refractivity contribution is -0.121. The molecule has 1 aromatic heterocycles. The van der Waals surface area contributed by atoms with Crippen molar-refractivity contribution in [3.63, 3.8) is 0 Å². The second kappa shape index (κ2) is 9.55. The molecule has 0 saturated heterocycles. The summed E-state index contributed by atoms with van der Waals surface area (Å²) >= 11 is 0. The summed E-state index contributed by atoms with van der Waals surface area (Å²) in [6.07, 6.45) is 1.72. The highest BCUT2D eigenvalue weighted by atomic mass is 19.1. The molecule has 0 saturated carbocycles. The van der Waals surface area contributed by atoms with E-state index in [1.54, 1.807) is 29.1 Å². The van der Waals surface area contributed by atoms with Crippen molar-refractivity contribution >= 4 is 5.91 Å². The van der Waals surface area contributed by atoms with Gasteiger partial charge in [0.2, 0.25) is 5.91 Å². The van der Waals surface area contributed by atoms with Crippen molar-refractivity contribution in [2.24, 2.45) is 0 Å². The maximum absolute atomic E-state index is 13.0. The van der Waals surface area contributed by atoms with E-state index in [-0.39, 0.29) is 18.3 Å². The Balaban J connectivity index is 1.40. The molecule has 0 unspecified atom stereocenters. The fourth-order valence-electron chi connectivity index (χ4n) is 2.59. The van der Waals surface area contributed by atoms with Gasteiger partial charge in [0.25, 0.3) is 0 Å². The predicted octanol–water partition coefficient (Wildman–Crippen LogP) is 3.28. The van der Waals surface area contributed by atoms with Crippen LogP contribution in [-0.4, -0.2) is 35.4 Å². The first-order chi connectivity index (χ1) is 13.6. The molecule has 0 aliphatic heterocycles. The second-order valence-corrected chi connectivity index (χ2v) is 6.01. The summed E-state index contributed by atoms with van der Waals surface area (Å²) in [5.74, 6) is 1.05. The summed E-state index contributed by atoms with van der Waals surface area (Å²) in [5, 5.41) is 7.13. The summed E-state index contributed by atoms with van der Waals surface area (Å²) in [6.45, 7) is 3.40. The van der Waals surface area contributed by atoms with Gasteiger partial charge in [-0.25, -0.2) is 4.39 Å². The van der Waals surface area contributed by atoms with Crippen molar-refractivity contribution in [3.8, 4) is 22.8 Å². The zero-order valence-electron chi connectivity index (χ0n) is 15.6. The summed E-state index contributed by atoms with van der Waals surface area (Å²) < 4.78 is 25.5. The highest BCUT2D eigenvalue weighted by Crippen LogP contribution is 2.18. The number of rotatable bonds is 9. The van der Waals surface area contributed by atoms with E-state index in [1.165, 1.54) is 12.1 Å². The van der Waals surface area contributed by atoms with Gasteiger partial charge in [-0.3, -0.25) is 9.48 Å². The Kier molecular flexibility index (Phi) is 6.62. The molecule has 0 radical (unpaired) electrons. The van der Waals surface area contributed by atoms with Gasteiger partial charge < -0.3 is 14.8 Å². The van der Waals surface area contributed by atoms with Gasteiger partial charge >= 0.3 is 0 Å². The van der Waals surface area contributed by atoms with Gasteiger partial charge in [0, 0.05) is 11.8 Å². The zero-order valence-corrected chi connectivity index (χ0v) is 15.6. The van der Waals surface area contributed by atoms with Gasteiger partial charge in [-0.1, -0.05) is 0 Å². The fraction of sp³-hybridized carbons (Fsp3) is 0.238. The molecule has 1 amide bonds. The van der Waals surface area contributed by atoms with E-state index in [9.17, 15) is 9.18 Å². The normalized spacial score (nSPS) is 10.5. The molecule has 7 heteroatoms. The Morgan fingerprint density at radius 1 is 1.04 bits per heavy atom. The monoisotopic (exact) mass is 383 g/mol. The minimum atomic E-state index is -0.296. The summed E-state index contributed by atoms with van der Waals surface area (Å²) in [7, 11) is 0. The fourth-order valence-corrected chi connectivity index (χ4v) is 2.59. The Labute approximate surface area is 162 Å². The molecule has 146 valence electrons. The molecule has 0 spiro atoms. The van der Waals surface area contributed by atoms with Gasteiger partial charge in [0.05, 0.1) is 18.8 Å². The van der Waals surface area contributed by atoms with Crippen molar-refractivity contribution in [1.82, 2.24) is 15.1 Å². The van der Waals surface area contributed by atoms with Crippen molar-refractivity contribution in [2.45, 2.75) is 13.5 Å². The van der Waals surface area contributed by atoms with Crippen molar-refractivity contribution in [1.29, 1.82) is 0 Å². The third kappa shape index (κ3) is 5.57. The van der Waals surface area contributed by atoms with Crippen LogP contribution in [0.3, 0.4) is 0 Å². The molecule has 6 nitrogen and oxygen atoms in total. The molecule has 3 rings (SSSR count). The summed E-state index contributed by atoms with van der Waals surface area (Å²) in [4.78, 5) is 12.0. The van der Waals surface area contributed by atoms with Gasteiger partial charge in [0.1, 0.15) is 30.5 Å². The number of ether oxygens (including phenoxy) is 2. The van der Waals surface area contributed by atoms with Crippen LogP contribution in [0.25, 0.3) is 11.3 Å². The molecule has 3 aromatic rings. The minimum Gasteiger partial charge on any atom is -0.494 e. The van der Waals surface area contributed by atoms with E-state index in [1.807, 2.05) is 31.2 Å². The van der Waals surface area contributed by atoms with Crippen LogP contribution in [0.1, 0.15) is 6.92 Å². The number of amides is 1. The maximum Gasteiger partial charge on any atom is 0.241 e. The molecule has 0 bridgehead atoms. The molecule has 0 aliphatic carbocycles. The van der Waals surface area contributed by atoms with Crippen LogP contribution in [0.2, 0.25) is 0 Å². The number of halogens is 1. The Morgan fingerprint density at radius 3 is 2.39 bits per heavy atom. The molecule has 1 heterocycles. The van der Waals surface area contributed by atoms with E-state index in [0.717, 1.165) is 11.3 Å². The number of nitrogens with one attached hydrogen (secondary N) is 1. The molecule has 0 aliphatic rings. The van der Waals surface area contributed by atoms with Crippen molar-refractivity contribution in [2.75, 3.05) is 19.8 Å². The molecular formula is C21H22FN3O3. The number of hydrogen-bond acceptors (Lipinski definition) is 4. The number of carbonyl (C=O) groups excluding carboxylic acids is 1. The van der Waals surface area contributed by atoms with Crippen LogP contribution in [0, 0.1) is 5.82 Å². The Hall–Kier alpha value is -3.35. The standard InChI is InChI=1S/C21H22FN3O3/c1-2-27-18-7-9-19(10-8-18)28-14-12-23-21(26)15-25-13-11-20(24-25)16-3-5-17(22)6-4-16/h3-11,13H,2,12,14-15H2,1H3,(H,23,26). The minimum absolute atomic E-state index is 0.101. The average molecular weight is 383 g/mol. The van der Waals surface area contributed by atoms with Gasteiger partial charge in [-0.15, -0.1) is 0 Å². The topological polar surface area (TPSA) is 65.4 Å². The molecule has 0 fully saturated rings. The summed E-state index contributed by atoms with van der Waals surface area (Å²) in [5.41, 5.74) is 1.48. The third-order valence-corrected chi connectivity index (χ3v) is 3.91. The first kappa shape index (κ1) is 19.4. The molecule has 2 aromatic carbocycles. The number of nitrogens with zero attached hydrogens (tertiary/aromatic N) is 2. The first-order valence-electron chi connectivity index (χ1n) is 9.06. The molecule has 1 N–H and O–H groups in total. The van der Waals surface area contributed by atoms with E-state index >= 15 is 0 Å². The quantitative estimate of drug-likeness (QED) is 0.576.